The first-order valence-corrected chi connectivity index (χ1v) is 6.92. The molecule has 0 spiro atoms. The molecule has 0 saturated heterocycles. The average Bonchev–Trinajstić information content (AvgIpc) is 2.46. The number of carbonyl (C=O) groups excluding carboxylic acids is 1. The van der Waals surface area contributed by atoms with Crippen LogP contribution in [0.4, 0.5) is 0 Å². The third-order valence-corrected chi connectivity index (χ3v) is 3.62. The maximum Gasteiger partial charge on any atom is 0.253 e. The first-order valence-electron chi connectivity index (χ1n) is 6.92. The molecule has 3 nitrogen and oxygen atoms in total. The highest BCUT2D eigenvalue weighted by molar-refractivity contribution is 5.96. The number of unbranched alkanes of at least 4 members (excludes halogenated alkanes) is 1. The van der Waals surface area contributed by atoms with E-state index in [2.05, 4.69) is 18.0 Å². The number of nitrogens with zero attached hydrogens (tertiary/aromatic N) is 1. The van der Waals surface area contributed by atoms with E-state index < -0.39 is 0 Å². The summed E-state index contributed by atoms with van der Waals surface area (Å²) in [7, 11) is 1.88. The van der Waals surface area contributed by atoms with Crippen molar-refractivity contribution in [2.45, 2.75) is 25.8 Å². The lowest BCUT2D eigenvalue weighted by Gasteiger charge is -2.23. The number of allylic oxidation sites excluding steroid dienone is 1. The SMILES string of the molecule is C=CCCCN(C)C(=O)c1cccc2c1CCNC2. The fourth-order valence-electron chi connectivity index (χ4n) is 2.51. The quantitative estimate of drug-likeness (QED) is 0.649. The van der Waals surface area contributed by atoms with Gasteiger partial charge in [-0.2, -0.15) is 0 Å². The molecule has 1 aromatic rings. The van der Waals surface area contributed by atoms with Gasteiger partial charge < -0.3 is 10.2 Å². The van der Waals surface area contributed by atoms with Crippen LogP contribution in [0.15, 0.2) is 30.9 Å². The summed E-state index contributed by atoms with van der Waals surface area (Å²) >= 11 is 0. The molecule has 19 heavy (non-hydrogen) atoms. The standard InChI is InChI=1S/C16H22N2O/c1-3-4-5-11-18(2)16(19)15-8-6-7-13-12-17-10-9-14(13)15/h3,6-8,17H,1,4-5,9-12H2,2H3. The Balaban J connectivity index is 2.12. The Labute approximate surface area is 115 Å². The van der Waals surface area contributed by atoms with Gasteiger partial charge in [0.25, 0.3) is 5.91 Å². The number of fused-ring (bicyclic) bond motifs is 1. The average molecular weight is 258 g/mol. The summed E-state index contributed by atoms with van der Waals surface area (Å²) in [6.07, 6.45) is 4.77. The van der Waals surface area contributed by atoms with Crippen LogP contribution in [0.25, 0.3) is 0 Å². The Bertz CT molecular complexity index is 468. The van der Waals surface area contributed by atoms with Crippen molar-refractivity contribution in [3.05, 3.63) is 47.5 Å². The molecule has 1 aliphatic rings. The van der Waals surface area contributed by atoms with Gasteiger partial charge in [0.1, 0.15) is 0 Å². The third-order valence-electron chi connectivity index (χ3n) is 3.62. The summed E-state index contributed by atoms with van der Waals surface area (Å²) in [5, 5.41) is 3.34. The zero-order chi connectivity index (χ0) is 13.7. The fraction of sp³-hybridized carbons (Fsp3) is 0.438. The van der Waals surface area contributed by atoms with Gasteiger partial charge >= 0.3 is 0 Å². The molecule has 3 heteroatoms. The van der Waals surface area contributed by atoms with Crippen molar-refractivity contribution in [1.82, 2.24) is 10.2 Å². The van der Waals surface area contributed by atoms with Crippen molar-refractivity contribution < 1.29 is 4.79 Å². The maximum absolute atomic E-state index is 12.5. The number of rotatable bonds is 5. The Hall–Kier alpha value is -1.61. The van der Waals surface area contributed by atoms with Gasteiger partial charge in [-0.1, -0.05) is 18.2 Å². The normalized spacial score (nSPS) is 13.7. The van der Waals surface area contributed by atoms with E-state index in [9.17, 15) is 4.79 Å². The highest BCUT2D eigenvalue weighted by Gasteiger charge is 2.19. The van der Waals surface area contributed by atoms with Crippen molar-refractivity contribution in [3.63, 3.8) is 0 Å². The Morgan fingerprint density at radius 1 is 1.53 bits per heavy atom. The summed E-state index contributed by atoms with van der Waals surface area (Å²) < 4.78 is 0. The van der Waals surface area contributed by atoms with Crippen LogP contribution in [0, 0.1) is 0 Å². The Morgan fingerprint density at radius 3 is 3.16 bits per heavy atom. The molecule has 0 saturated carbocycles. The first kappa shape index (κ1) is 13.8. The van der Waals surface area contributed by atoms with Crippen molar-refractivity contribution in [3.8, 4) is 0 Å². The minimum Gasteiger partial charge on any atom is -0.342 e. The Kier molecular flexibility index (Phi) is 4.74. The second-order valence-electron chi connectivity index (χ2n) is 5.03. The number of hydrogen-bond acceptors (Lipinski definition) is 2. The number of carbonyl (C=O) groups is 1. The fourth-order valence-corrected chi connectivity index (χ4v) is 2.51. The highest BCUT2D eigenvalue weighted by Crippen LogP contribution is 2.20. The molecule has 0 unspecified atom stereocenters. The van der Waals surface area contributed by atoms with Crippen LogP contribution in [0.2, 0.25) is 0 Å². The molecule has 0 radical (unpaired) electrons. The molecule has 1 aliphatic heterocycles. The predicted octanol–water partition coefficient (Wildman–Crippen LogP) is 2.37. The summed E-state index contributed by atoms with van der Waals surface area (Å²) in [6.45, 7) is 6.32. The molecule has 102 valence electrons. The summed E-state index contributed by atoms with van der Waals surface area (Å²) in [5.41, 5.74) is 3.36. The van der Waals surface area contributed by atoms with Crippen molar-refractivity contribution >= 4 is 5.91 Å². The Morgan fingerprint density at radius 2 is 2.37 bits per heavy atom. The van der Waals surface area contributed by atoms with Gasteiger partial charge in [-0.25, -0.2) is 0 Å². The molecule has 1 amide bonds. The second-order valence-corrected chi connectivity index (χ2v) is 5.03. The lowest BCUT2D eigenvalue weighted by molar-refractivity contribution is 0.0792. The second kappa shape index (κ2) is 6.53. The van der Waals surface area contributed by atoms with E-state index in [4.69, 9.17) is 0 Å². The van der Waals surface area contributed by atoms with Crippen LogP contribution in [-0.2, 0) is 13.0 Å². The van der Waals surface area contributed by atoms with Crippen LogP contribution in [-0.4, -0.2) is 30.9 Å². The molecule has 1 N–H and O–H groups in total. The molecule has 0 aliphatic carbocycles. The maximum atomic E-state index is 12.5. The zero-order valence-electron chi connectivity index (χ0n) is 11.6. The van der Waals surface area contributed by atoms with Gasteiger partial charge in [0.05, 0.1) is 0 Å². The first-order chi connectivity index (χ1) is 9.24. The van der Waals surface area contributed by atoms with Crippen LogP contribution < -0.4 is 5.32 Å². The molecule has 0 aromatic heterocycles. The molecule has 2 rings (SSSR count). The van der Waals surface area contributed by atoms with Crippen LogP contribution >= 0.6 is 0 Å². The molecule has 0 bridgehead atoms. The summed E-state index contributed by atoms with van der Waals surface area (Å²) in [6, 6.07) is 6.04. The minimum atomic E-state index is 0.141. The van der Waals surface area contributed by atoms with Gasteiger partial charge in [0.2, 0.25) is 0 Å². The van der Waals surface area contributed by atoms with Gasteiger partial charge in [-0.15, -0.1) is 6.58 Å². The molecule has 1 aromatic carbocycles. The summed E-state index contributed by atoms with van der Waals surface area (Å²) in [4.78, 5) is 14.3. The number of amides is 1. The van der Waals surface area contributed by atoms with Gasteiger partial charge in [0.15, 0.2) is 0 Å². The molecule has 0 atom stereocenters. The van der Waals surface area contributed by atoms with E-state index in [1.807, 2.05) is 30.2 Å². The van der Waals surface area contributed by atoms with E-state index in [-0.39, 0.29) is 5.91 Å². The number of nitrogens with one attached hydrogen (secondary N) is 1. The van der Waals surface area contributed by atoms with Crippen LogP contribution in [0.1, 0.15) is 34.3 Å². The highest BCUT2D eigenvalue weighted by atomic mass is 16.2. The molecular weight excluding hydrogens is 236 g/mol. The zero-order valence-corrected chi connectivity index (χ0v) is 11.6. The lowest BCUT2D eigenvalue weighted by Crippen LogP contribution is -2.31. The molecule has 1 heterocycles. The topological polar surface area (TPSA) is 32.3 Å². The smallest absolute Gasteiger partial charge is 0.253 e. The van der Waals surface area contributed by atoms with Crippen molar-refractivity contribution in [2.75, 3.05) is 20.1 Å². The molecule has 0 fully saturated rings. The van der Waals surface area contributed by atoms with Crippen LogP contribution in [0.5, 0.6) is 0 Å². The van der Waals surface area contributed by atoms with E-state index in [0.717, 1.165) is 44.5 Å². The number of hydrogen-bond donors (Lipinski definition) is 1. The van der Waals surface area contributed by atoms with Gasteiger partial charge in [-0.05, 0) is 43.0 Å². The predicted molar refractivity (Wildman–Crippen MR) is 78.2 cm³/mol. The summed E-state index contributed by atoms with van der Waals surface area (Å²) in [5.74, 6) is 0.141. The van der Waals surface area contributed by atoms with E-state index in [1.54, 1.807) is 0 Å². The monoisotopic (exact) mass is 258 g/mol. The lowest BCUT2D eigenvalue weighted by atomic mass is 9.95. The minimum absolute atomic E-state index is 0.141. The van der Waals surface area contributed by atoms with Gasteiger partial charge in [-0.3, -0.25) is 4.79 Å². The largest absolute Gasteiger partial charge is 0.342 e. The van der Waals surface area contributed by atoms with Crippen molar-refractivity contribution in [1.29, 1.82) is 0 Å². The number of benzene rings is 1. The molecular formula is C16H22N2O. The van der Waals surface area contributed by atoms with E-state index in [0.29, 0.717) is 0 Å². The van der Waals surface area contributed by atoms with Gasteiger partial charge in [0, 0.05) is 25.7 Å². The van der Waals surface area contributed by atoms with E-state index in [1.165, 1.54) is 11.1 Å². The van der Waals surface area contributed by atoms with E-state index >= 15 is 0 Å². The van der Waals surface area contributed by atoms with Crippen molar-refractivity contribution in [2.24, 2.45) is 0 Å². The van der Waals surface area contributed by atoms with Crippen LogP contribution in [0.3, 0.4) is 0 Å². The third kappa shape index (κ3) is 3.24.